The van der Waals surface area contributed by atoms with E-state index < -0.39 is 9.75 Å². The van der Waals surface area contributed by atoms with Gasteiger partial charge in [0.15, 0.2) is 0 Å². The minimum atomic E-state index is -0.877. The molecule has 82 valence electrons. The molecular weight excluding hydrogens is 225 g/mol. The van der Waals surface area contributed by atoms with E-state index in [1.54, 1.807) is 14.0 Å². The van der Waals surface area contributed by atoms with Gasteiger partial charge in [-0.2, -0.15) is 0 Å². The molecule has 1 aliphatic rings. The average molecular weight is 240 g/mol. The van der Waals surface area contributed by atoms with Crippen molar-refractivity contribution in [3.05, 3.63) is 0 Å². The molecule has 0 aromatic heterocycles. The van der Waals surface area contributed by atoms with E-state index in [0.717, 1.165) is 6.42 Å². The number of ether oxygens (including phenoxy) is 1. The van der Waals surface area contributed by atoms with Crippen LogP contribution in [0.5, 0.6) is 0 Å². The van der Waals surface area contributed by atoms with Gasteiger partial charge in [-0.05, 0) is 19.8 Å². The maximum Gasteiger partial charge on any atom is 0.229 e. The van der Waals surface area contributed by atoms with Crippen molar-refractivity contribution in [2.45, 2.75) is 24.1 Å². The van der Waals surface area contributed by atoms with Gasteiger partial charge in [0.2, 0.25) is 5.91 Å². The van der Waals surface area contributed by atoms with Crippen molar-refractivity contribution in [2.75, 3.05) is 20.3 Å². The lowest BCUT2D eigenvalue weighted by atomic mass is 10.1. The molecule has 1 N–H and O–H groups in total. The van der Waals surface area contributed by atoms with Gasteiger partial charge >= 0.3 is 0 Å². The average Bonchev–Trinajstić information content (AvgIpc) is 2.61. The first-order valence-corrected chi connectivity index (χ1v) is 5.35. The monoisotopic (exact) mass is 239 g/mol. The highest BCUT2D eigenvalue weighted by Gasteiger charge is 2.67. The molecule has 1 saturated carbocycles. The lowest BCUT2D eigenvalue weighted by Crippen LogP contribution is -2.34. The first-order valence-electron chi connectivity index (χ1n) is 4.59. The Morgan fingerprint density at radius 3 is 2.57 bits per heavy atom. The van der Waals surface area contributed by atoms with E-state index in [4.69, 9.17) is 27.9 Å². The smallest absolute Gasteiger partial charge is 0.229 e. The highest BCUT2D eigenvalue weighted by molar-refractivity contribution is 6.53. The van der Waals surface area contributed by atoms with Crippen LogP contribution in [-0.2, 0) is 9.53 Å². The van der Waals surface area contributed by atoms with E-state index in [-0.39, 0.29) is 5.91 Å². The third-order valence-electron chi connectivity index (χ3n) is 2.57. The molecule has 1 unspecified atom stereocenters. The van der Waals surface area contributed by atoms with Gasteiger partial charge in [-0.15, -0.1) is 23.2 Å². The van der Waals surface area contributed by atoms with Gasteiger partial charge in [-0.25, -0.2) is 0 Å². The van der Waals surface area contributed by atoms with Crippen molar-refractivity contribution in [3.8, 4) is 0 Å². The SMILES string of the molecule is COCCCNC(=O)C1(C)CC1(Cl)Cl. The molecule has 1 rings (SSSR count). The summed E-state index contributed by atoms with van der Waals surface area (Å²) >= 11 is 11.7. The largest absolute Gasteiger partial charge is 0.385 e. The Balaban J connectivity index is 2.24. The fraction of sp³-hybridized carbons (Fsp3) is 0.889. The number of carbonyl (C=O) groups is 1. The Labute approximate surface area is 94.1 Å². The molecule has 1 aliphatic carbocycles. The van der Waals surface area contributed by atoms with Gasteiger partial charge < -0.3 is 10.1 Å². The van der Waals surface area contributed by atoms with Gasteiger partial charge in [0, 0.05) is 20.3 Å². The Bertz CT molecular complexity index is 233. The standard InChI is InChI=1S/C9H15Cl2NO2/c1-8(6-9(8,10)11)7(13)12-4-3-5-14-2/h3-6H2,1-2H3,(H,12,13). The second-order valence-corrected chi connectivity index (χ2v) is 5.30. The first-order chi connectivity index (χ1) is 6.44. The van der Waals surface area contributed by atoms with Crippen LogP contribution in [0.2, 0.25) is 0 Å². The van der Waals surface area contributed by atoms with E-state index in [9.17, 15) is 4.79 Å². The van der Waals surface area contributed by atoms with Crippen molar-refractivity contribution < 1.29 is 9.53 Å². The quantitative estimate of drug-likeness (QED) is 0.587. The summed E-state index contributed by atoms with van der Waals surface area (Å²) in [5.41, 5.74) is -0.608. The zero-order valence-electron chi connectivity index (χ0n) is 8.40. The van der Waals surface area contributed by atoms with Gasteiger partial charge in [0.1, 0.15) is 4.33 Å². The van der Waals surface area contributed by atoms with Crippen LogP contribution < -0.4 is 5.32 Å². The molecule has 3 nitrogen and oxygen atoms in total. The molecule has 0 saturated heterocycles. The van der Waals surface area contributed by atoms with Gasteiger partial charge in [-0.3, -0.25) is 4.79 Å². The molecule has 0 bridgehead atoms. The number of rotatable bonds is 5. The fourth-order valence-electron chi connectivity index (χ4n) is 1.26. The van der Waals surface area contributed by atoms with Crippen LogP contribution in [0.3, 0.4) is 0 Å². The summed E-state index contributed by atoms with van der Waals surface area (Å²) in [5.74, 6) is -0.0707. The molecule has 14 heavy (non-hydrogen) atoms. The van der Waals surface area contributed by atoms with Crippen LogP contribution in [0.4, 0.5) is 0 Å². The topological polar surface area (TPSA) is 38.3 Å². The molecule has 0 heterocycles. The van der Waals surface area contributed by atoms with E-state index in [0.29, 0.717) is 19.6 Å². The third-order valence-corrected chi connectivity index (χ3v) is 3.67. The number of hydrogen-bond acceptors (Lipinski definition) is 2. The summed E-state index contributed by atoms with van der Waals surface area (Å²) in [6, 6.07) is 0. The maximum absolute atomic E-state index is 11.6. The highest BCUT2D eigenvalue weighted by atomic mass is 35.5. The minimum Gasteiger partial charge on any atom is -0.385 e. The Morgan fingerprint density at radius 2 is 2.14 bits per heavy atom. The summed E-state index contributed by atoms with van der Waals surface area (Å²) in [7, 11) is 1.63. The van der Waals surface area contributed by atoms with E-state index in [1.165, 1.54) is 0 Å². The molecule has 1 amide bonds. The number of amides is 1. The van der Waals surface area contributed by atoms with Crippen molar-refractivity contribution in [2.24, 2.45) is 5.41 Å². The predicted molar refractivity (Wildman–Crippen MR) is 56.7 cm³/mol. The fourth-order valence-corrected chi connectivity index (χ4v) is 1.97. The molecule has 0 aromatic rings. The van der Waals surface area contributed by atoms with Gasteiger partial charge in [0.05, 0.1) is 5.41 Å². The summed E-state index contributed by atoms with van der Waals surface area (Å²) < 4.78 is 3.99. The normalized spacial score (nSPS) is 28.6. The lowest BCUT2D eigenvalue weighted by Gasteiger charge is -2.12. The molecule has 1 atom stereocenters. The third kappa shape index (κ3) is 2.33. The van der Waals surface area contributed by atoms with Crippen LogP contribution >= 0.6 is 23.2 Å². The maximum atomic E-state index is 11.6. The lowest BCUT2D eigenvalue weighted by molar-refractivity contribution is -0.125. The Kier molecular flexibility index (Phi) is 3.67. The first kappa shape index (κ1) is 12.1. The van der Waals surface area contributed by atoms with Crippen molar-refractivity contribution in [1.29, 1.82) is 0 Å². The molecule has 0 aromatic carbocycles. The number of hydrogen-bond donors (Lipinski definition) is 1. The molecule has 1 fully saturated rings. The second kappa shape index (κ2) is 4.25. The summed E-state index contributed by atoms with van der Waals surface area (Å²) in [5, 5.41) is 2.79. The molecular formula is C9H15Cl2NO2. The molecule has 5 heteroatoms. The van der Waals surface area contributed by atoms with Crippen LogP contribution in [0.25, 0.3) is 0 Å². The number of alkyl halides is 2. The molecule has 0 radical (unpaired) electrons. The summed E-state index contributed by atoms with van der Waals surface area (Å²) in [4.78, 5) is 11.6. The highest BCUT2D eigenvalue weighted by Crippen LogP contribution is 2.63. The van der Waals surface area contributed by atoms with Gasteiger partial charge in [0.25, 0.3) is 0 Å². The van der Waals surface area contributed by atoms with E-state index >= 15 is 0 Å². The van der Waals surface area contributed by atoms with Crippen LogP contribution in [0, 0.1) is 5.41 Å². The Morgan fingerprint density at radius 1 is 1.57 bits per heavy atom. The predicted octanol–water partition coefficient (Wildman–Crippen LogP) is 1.72. The van der Waals surface area contributed by atoms with Crippen LogP contribution in [0.1, 0.15) is 19.8 Å². The van der Waals surface area contributed by atoms with Crippen molar-refractivity contribution in [1.82, 2.24) is 5.32 Å². The van der Waals surface area contributed by atoms with Crippen LogP contribution in [0.15, 0.2) is 0 Å². The van der Waals surface area contributed by atoms with Crippen LogP contribution in [-0.4, -0.2) is 30.5 Å². The van der Waals surface area contributed by atoms with Gasteiger partial charge in [-0.1, -0.05) is 0 Å². The van der Waals surface area contributed by atoms with Crippen molar-refractivity contribution >= 4 is 29.1 Å². The zero-order chi connectivity index (χ0) is 10.8. The molecule has 0 aliphatic heterocycles. The minimum absolute atomic E-state index is 0.0707. The number of carbonyl (C=O) groups excluding carboxylic acids is 1. The number of halogens is 2. The van der Waals surface area contributed by atoms with E-state index in [2.05, 4.69) is 5.32 Å². The van der Waals surface area contributed by atoms with Crippen molar-refractivity contribution in [3.63, 3.8) is 0 Å². The summed E-state index contributed by atoms with van der Waals surface area (Å²) in [6.45, 7) is 3.02. The summed E-state index contributed by atoms with van der Waals surface area (Å²) in [6.07, 6.45) is 1.33. The number of nitrogens with one attached hydrogen (secondary N) is 1. The Hall–Kier alpha value is 0.01000. The van der Waals surface area contributed by atoms with E-state index in [1.807, 2.05) is 0 Å². The zero-order valence-corrected chi connectivity index (χ0v) is 9.91. The molecule has 0 spiro atoms. The second-order valence-electron chi connectivity index (χ2n) is 3.82. The number of methoxy groups -OCH3 is 1.